The molecule has 0 aromatic carbocycles. The molecule has 0 bridgehead atoms. The molecule has 0 radical (unpaired) electrons. The van der Waals surface area contributed by atoms with Gasteiger partial charge < -0.3 is 0 Å². The number of ketones is 1. The molecule has 2 rings (SSSR count). The summed E-state index contributed by atoms with van der Waals surface area (Å²) in [5, 5.41) is 0. The summed E-state index contributed by atoms with van der Waals surface area (Å²) in [6, 6.07) is 0. The van der Waals surface area contributed by atoms with Gasteiger partial charge in [0.15, 0.2) is 5.78 Å². The molecule has 2 aliphatic rings. The normalized spacial score (nSPS) is 35.2. The predicted molar refractivity (Wildman–Crippen MR) is 67.3 cm³/mol. The van der Waals surface area contributed by atoms with Gasteiger partial charge in [-0.1, -0.05) is 45.1 Å². The molecule has 1 nitrogen and oxygen atoms in total. The smallest absolute Gasteiger partial charge is 0.165 e. The van der Waals surface area contributed by atoms with Crippen LogP contribution in [0.2, 0.25) is 0 Å². The molecule has 0 aromatic rings. The number of carbonyl (C=O) groups excluding carboxylic acids is 1. The number of rotatable bonds is 0. The Labute approximate surface area is 99.3 Å². The van der Waals surface area contributed by atoms with Crippen molar-refractivity contribution in [3.8, 4) is 0 Å². The minimum atomic E-state index is -0.0736. The van der Waals surface area contributed by atoms with Crippen molar-refractivity contribution >= 4 is 5.78 Å². The number of hydrogen-bond acceptors (Lipinski definition) is 1. The largest absolute Gasteiger partial charge is 0.294 e. The molecule has 1 fully saturated rings. The molecule has 0 heterocycles. The average molecular weight is 220 g/mol. The van der Waals surface area contributed by atoms with E-state index in [4.69, 9.17) is 0 Å². The second-order valence-corrected chi connectivity index (χ2v) is 6.10. The molecule has 0 N–H and O–H groups in total. The van der Waals surface area contributed by atoms with Crippen LogP contribution in [0.4, 0.5) is 0 Å². The first-order valence-electron chi connectivity index (χ1n) is 6.79. The maximum absolute atomic E-state index is 12.1. The molecule has 1 atom stereocenters. The third-order valence-corrected chi connectivity index (χ3v) is 4.55. The summed E-state index contributed by atoms with van der Waals surface area (Å²) in [5.74, 6) is 0.980. The topological polar surface area (TPSA) is 17.1 Å². The lowest BCUT2D eigenvalue weighted by atomic mass is 9.55. The second-order valence-electron chi connectivity index (χ2n) is 6.10. The molecular formula is C15H24O. The van der Waals surface area contributed by atoms with Crippen LogP contribution in [0.25, 0.3) is 0 Å². The highest BCUT2D eigenvalue weighted by Crippen LogP contribution is 2.51. The van der Waals surface area contributed by atoms with Gasteiger partial charge in [-0.25, -0.2) is 0 Å². The monoisotopic (exact) mass is 220 g/mol. The van der Waals surface area contributed by atoms with E-state index in [1.165, 1.54) is 49.7 Å². The van der Waals surface area contributed by atoms with E-state index in [9.17, 15) is 4.79 Å². The molecule has 1 saturated carbocycles. The number of allylic oxidation sites excluding steroid dienone is 2. The van der Waals surface area contributed by atoms with Crippen molar-refractivity contribution in [3.05, 3.63) is 11.1 Å². The van der Waals surface area contributed by atoms with E-state index in [2.05, 4.69) is 20.8 Å². The lowest BCUT2D eigenvalue weighted by Gasteiger charge is -2.46. The van der Waals surface area contributed by atoms with Crippen molar-refractivity contribution in [2.75, 3.05) is 0 Å². The van der Waals surface area contributed by atoms with E-state index < -0.39 is 0 Å². The zero-order valence-electron chi connectivity index (χ0n) is 10.9. The summed E-state index contributed by atoms with van der Waals surface area (Å²) in [5.41, 5.74) is 2.51. The molecule has 2 aliphatic carbocycles. The standard InChI is InChI=1S/C15H24O/c1-11-9-7-5-4-6-8-10-12-13(11)14(16)15(12,2)3/h12H,4-10H2,1-3H3/b13-11+. The number of fused-ring (bicyclic) bond motifs is 1. The van der Waals surface area contributed by atoms with E-state index in [0.29, 0.717) is 11.7 Å². The lowest BCUT2D eigenvalue weighted by Crippen LogP contribution is -2.48. The minimum Gasteiger partial charge on any atom is -0.294 e. The van der Waals surface area contributed by atoms with Crippen LogP contribution < -0.4 is 0 Å². The van der Waals surface area contributed by atoms with E-state index in [1.54, 1.807) is 0 Å². The van der Waals surface area contributed by atoms with Crippen LogP contribution >= 0.6 is 0 Å². The fourth-order valence-corrected chi connectivity index (χ4v) is 3.35. The highest BCUT2D eigenvalue weighted by atomic mass is 16.1. The fourth-order valence-electron chi connectivity index (χ4n) is 3.35. The van der Waals surface area contributed by atoms with Crippen LogP contribution in [0.3, 0.4) is 0 Å². The van der Waals surface area contributed by atoms with Gasteiger partial charge in [-0.3, -0.25) is 4.79 Å². The van der Waals surface area contributed by atoms with Crippen molar-refractivity contribution in [1.29, 1.82) is 0 Å². The van der Waals surface area contributed by atoms with Crippen LogP contribution in [0.15, 0.2) is 11.1 Å². The minimum absolute atomic E-state index is 0.0736. The highest BCUT2D eigenvalue weighted by molar-refractivity contribution is 6.07. The zero-order valence-corrected chi connectivity index (χ0v) is 10.9. The Balaban J connectivity index is 2.22. The van der Waals surface area contributed by atoms with Gasteiger partial charge in [0.2, 0.25) is 0 Å². The molecule has 0 saturated heterocycles. The van der Waals surface area contributed by atoms with Gasteiger partial charge in [0.25, 0.3) is 0 Å². The zero-order chi connectivity index (χ0) is 11.8. The van der Waals surface area contributed by atoms with Crippen LogP contribution in [-0.4, -0.2) is 5.78 Å². The quantitative estimate of drug-likeness (QED) is 0.595. The summed E-state index contributed by atoms with van der Waals surface area (Å²) in [7, 11) is 0. The molecule has 16 heavy (non-hydrogen) atoms. The van der Waals surface area contributed by atoms with Gasteiger partial charge in [0.1, 0.15) is 0 Å². The highest BCUT2D eigenvalue weighted by Gasteiger charge is 2.51. The van der Waals surface area contributed by atoms with Crippen molar-refractivity contribution in [3.63, 3.8) is 0 Å². The van der Waals surface area contributed by atoms with Crippen LogP contribution in [0.1, 0.15) is 65.7 Å². The summed E-state index contributed by atoms with van der Waals surface area (Å²) >= 11 is 0. The SMILES string of the molecule is C/C1=C2\C(=O)C(C)(C)C2CCCCCCC1. The summed E-state index contributed by atoms with van der Waals surface area (Å²) in [6.07, 6.45) is 9.02. The van der Waals surface area contributed by atoms with E-state index in [1.807, 2.05) is 0 Å². The van der Waals surface area contributed by atoms with Crippen LogP contribution in [0.5, 0.6) is 0 Å². The molecule has 0 spiro atoms. The maximum atomic E-state index is 12.1. The number of Topliss-reactive ketones (excluding diaryl/α,β-unsaturated/α-hetero) is 1. The van der Waals surface area contributed by atoms with Gasteiger partial charge in [0, 0.05) is 5.41 Å². The molecular weight excluding hydrogens is 196 g/mol. The second kappa shape index (κ2) is 4.35. The van der Waals surface area contributed by atoms with Gasteiger partial charge in [-0.2, -0.15) is 0 Å². The Morgan fingerprint density at radius 2 is 1.69 bits per heavy atom. The molecule has 0 amide bonds. The van der Waals surface area contributed by atoms with E-state index in [0.717, 1.165) is 6.42 Å². The molecule has 1 heteroatoms. The van der Waals surface area contributed by atoms with Crippen LogP contribution in [-0.2, 0) is 4.79 Å². The van der Waals surface area contributed by atoms with Crippen LogP contribution in [0, 0.1) is 11.3 Å². The Bertz CT molecular complexity index is 322. The van der Waals surface area contributed by atoms with Crippen molar-refractivity contribution in [1.82, 2.24) is 0 Å². The Morgan fingerprint density at radius 3 is 2.44 bits per heavy atom. The molecule has 0 aliphatic heterocycles. The first-order valence-corrected chi connectivity index (χ1v) is 6.79. The Hall–Kier alpha value is -0.590. The first kappa shape index (κ1) is 11.9. The molecule has 1 unspecified atom stereocenters. The molecule has 90 valence electrons. The third kappa shape index (κ3) is 1.85. The van der Waals surface area contributed by atoms with Gasteiger partial charge in [-0.05, 0) is 37.7 Å². The van der Waals surface area contributed by atoms with Crippen molar-refractivity contribution in [2.45, 2.75) is 65.7 Å². The third-order valence-electron chi connectivity index (χ3n) is 4.55. The summed E-state index contributed by atoms with van der Waals surface area (Å²) in [6.45, 7) is 6.43. The average Bonchev–Trinajstić information content (AvgIpc) is 2.25. The summed E-state index contributed by atoms with van der Waals surface area (Å²) in [4.78, 5) is 12.1. The van der Waals surface area contributed by atoms with E-state index in [-0.39, 0.29) is 5.41 Å². The van der Waals surface area contributed by atoms with E-state index >= 15 is 0 Å². The number of hydrogen-bond donors (Lipinski definition) is 0. The fraction of sp³-hybridized carbons (Fsp3) is 0.800. The summed E-state index contributed by atoms with van der Waals surface area (Å²) < 4.78 is 0. The maximum Gasteiger partial charge on any atom is 0.165 e. The Morgan fingerprint density at radius 1 is 1.06 bits per heavy atom. The Kier molecular flexibility index (Phi) is 3.23. The lowest BCUT2D eigenvalue weighted by molar-refractivity contribution is -0.133. The van der Waals surface area contributed by atoms with Crippen molar-refractivity contribution < 1.29 is 4.79 Å². The van der Waals surface area contributed by atoms with Gasteiger partial charge in [-0.15, -0.1) is 0 Å². The van der Waals surface area contributed by atoms with Gasteiger partial charge >= 0.3 is 0 Å². The van der Waals surface area contributed by atoms with Crippen molar-refractivity contribution in [2.24, 2.45) is 11.3 Å². The van der Waals surface area contributed by atoms with Gasteiger partial charge in [0.05, 0.1) is 0 Å². The first-order chi connectivity index (χ1) is 7.55. The number of carbonyl (C=O) groups is 1. The molecule has 0 aromatic heterocycles. The predicted octanol–water partition coefficient (Wildman–Crippen LogP) is 4.27.